The Hall–Kier alpha value is -2.41. The van der Waals surface area contributed by atoms with Crippen molar-refractivity contribution in [2.45, 2.75) is 32.1 Å². The number of guanidine groups is 1. The highest BCUT2D eigenvalue weighted by Crippen LogP contribution is 2.29. The van der Waals surface area contributed by atoms with Crippen molar-refractivity contribution in [2.75, 3.05) is 30.7 Å². The average molecular weight is 401 g/mol. The molecule has 3 rings (SSSR count). The van der Waals surface area contributed by atoms with Crippen molar-refractivity contribution in [2.24, 2.45) is 4.99 Å². The van der Waals surface area contributed by atoms with Crippen molar-refractivity contribution in [1.29, 1.82) is 0 Å². The molecule has 2 heterocycles. The fourth-order valence-corrected chi connectivity index (χ4v) is 4.19. The monoisotopic (exact) mass is 400 g/mol. The summed E-state index contributed by atoms with van der Waals surface area (Å²) in [6.45, 7) is 10.1. The highest BCUT2D eigenvalue weighted by Gasteiger charge is 2.28. The summed E-state index contributed by atoms with van der Waals surface area (Å²) in [5.74, 6) is 2.12. The molecule has 1 aromatic carbocycles. The van der Waals surface area contributed by atoms with Gasteiger partial charge in [0.25, 0.3) is 5.91 Å². The Bertz CT molecular complexity index is 800. The van der Waals surface area contributed by atoms with Crippen LogP contribution in [0.5, 0.6) is 0 Å². The third-order valence-electron chi connectivity index (χ3n) is 4.43. The fourth-order valence-electron chi connectivity index (χ4n) is 3.08. The van der Waals surface area contributed by atoms with Gasteiger partial charge in [-0.15, -0.1) is 0 Å². The molecule has 2 aromatic rings. The summed E-state index contributed by atoms with van der Waals surface area (Å²) in [6.07, 6.45) is 1.49. The van der Waals surface area contributed by atoms with Crippen LogP contribution >= 0.6 is 11.8 Å². The van der Waals surface area contributed by atoms with Crippen molar-refractivity contribution in [3.8, 4) is 0 Å². The standard InChI is InChI=1S/C21H28N4O2S/c1-4-22-20(25-11-13-28-21(2,3)15-25)23-14-16-7-9-17(10-8-16)24-19(26)18-6-5-12-27-18/h5-10,12H,4,11,13-15H2,1-3H3,(H,22,23)(H,24,26). The average Bonchev–Trinajstić information content (AvgIpc) is 3.20. The Kier molecular flexibility index (Phi) is 6.67. The van der Waals surface area contributed by atoms with Gasteiger partial charge in [0.15, 0.2) is 11.7 Å². The van der Waals surface area contributed by atoms with Gasteiger partial charge < -0.3 is 20.0 Å². The predicted octanol–water partition coefficient (Wildman–Crippen LogP) is 3.82. The maximum atomic E-state index is 12.0. The molecule has 1 aromatic heterocycles. The van der Waals surface area contributed by atoms with Gasteiger partial charge in [-0.3, -0.25) is 4.79 Å². The van der Waals surface area contributed by atoms with Crippen LogP contribution in [0.1, 0.15) is 36.9 Å². The van der Waals surface area contributed by atoms with Gasteiger partial charge >= 0.3 is 0 Å². The van der Waals surface area contributed by atoms with Crippen molar-refractivity contribution >= 4 is 29.3 Å². The normalized spacial score (nSPS) is 16.7. The van der Waals surface area contributed by atoms with Crippen LogP contribution in [0, 0.1) is 0 Å². The lowest BCUT2D eigenvalue weighted by molar-refractivity contribution is 0.0996. The van der Waals surface area contributed by atoms with E-state index in [1.807, 2.05) is 36.0 Å². The van der Waals surface area contributed by atoms with Crippen LogP contribution in [0.25, 0.3) is 0 Å². The Morgan fingerprint density at radius 2 is 2.07 bits per heavy atom. The van der Waals surface area contributed by atoms with Crippen LogP contribution < -0.4 is 10.6 Å². The van der Waals surface area contributed by atoms with Crippen molar-refractivity contribution < 1.29 is 9.21 Å². The minimum absolute atomic E-state index is 0.238. The number of carbonyl (C=O) groups excluding carboxylic acids is 1. The van der Waals surface area contributed by atoms with Gasteiger partial charge in [-0.25, -0.2) is 4.99 Å². The van der Waals surface area contributed by atoms with E-state index >= 15 is 0 Å². The Balaban J connectivity index is 1.62. The molecule has 150 valence electrons. The van der Waals surface area contributed by atoms with Crippen LogP contribution in [0.4, 0.5) is 5.69 Å². The van der Waals surface area contributed by atoms with Gasteiger partial charge in [0, 0.05) is 35.8 Å². The minimum Gasteiger partial charge on any atom is -0.459 e. The lowest BCUT2D eigenvalue weighted by Gasteiger charge is -2.39. The van der Waals surface area contributed by atoms with E-state index in [4.69, 9.17) is 9.41 Å². The zero-order chi connectivity index (χ0) is 20.0. The van der Waals surface area contributed by atoms with E-state index in [2.05, 4.69) is 36.3 Å². The van der Waals surface area contributed by atoms with Crippen LogP contribution in [0.15, 0.2) is 52.1 Å². The highest BCUT2D eigenvalue weighted by atomic mass is 32.2. The van der Waals surface area contributed by atoms with Crippen LogP contribution in [-0.4, -0.2) is 46.9 Å². The van der Waals surface area contributed by atoms with Gasteiger partial charge in [0.1, 0.15) is 0 Å². The number of thioether (sulfide) groups is 1. The zero-order valence-electron chi connectivity index (χ0n) is 16.7. The van der Waals surface area contributed by atoms with E-state index in [9.17, 15) is 4.79 Å². The molecule has 2 N–H and O–H groups in total. The zero-order valence-corrected chi connectivity index (χ0v) is 17.5. The first-order valence-electron chi connectivity index (χ1n) is 9.58. The number of rotatable bonds is 5. The van der Waals surface area contributed by atoms with E-state index < -0.39 is 0 Å². The van der Waals surface area contributed by atoms with Gasteiger partial charge in [-0.2, -0.15) is 11.8 Å². The number of carbonyl (C=O) groups is 1. The molecule has 6 nitrogen and oxygen atoms in total. The molecule has 0 atom stereocenters. The molecule has 28 heavy (non-hydrogen) atoms. The summed E-state index contributed by atoms with van der Waals surface area (Å²) in [5.41, 5.74) is 1.83. The second-order valence-corrected chi connectivity index (χ2v) is 9.13. The summed E-state index contributed by atoms with van der Waals surface area (Å²) < 4.78 is 5.35. The molecule has 7 heteroatoms. The maximum absolute atomic E-state index is 12.0. The molecular weight excluding hydrogens is 372 g/mol. The number of furan rings is 1. The van der Waals surface area contributed by atoms with Crippen LogP contribution in [0.3, 0.4) is 0 Å². The molecule has 1 fully saturated rings. The fraction of sp³-hybridized carbons (Fsp3) is 0.429. The van der Waals surface area contributed by atoms with Gasteiger partial charge in [-0.1, -0.05) is 12.1 Å². The van der Waals surface area contributed by atoms with Crippen molar-refractivity contribution in [3.63, 3.8) is 0 Å². The molecule has 1 aliphatic heterocycles. The largest absolute Gasteiger partial charge is 0.459 e. The second-order valence-electron chi connectivity index (χ2n) is 7.33. The Labute approximate surface area is 170 Å². The molecule has 0 spiro atoms. The molecule has 0 bridgehead atoms. The smallest absolute Gasteiger partial charge is 0.291 e. The molecule has 1 aliphatic rings. The first kappa shape index (κ1) is 20.3. The number of nitrogens with zero attached hydrogens (tertiary/aromatic N) is 2. The minimum atomic E-state index is -0.254. The first-order valence-corrected chi connectivity index (χ1v) is 10.6. The number of hydrogen-bond donors (Lipinski definition) is 2. The topological polar surface area (TPSA) is 69.9 Å². The van der Waals surface area contributed by atoms with E-state index in [1.54, 1.807) is 12.1 Å². The third kappa shape index (κ3) is 5.55. The van der Waals surface area contributed by atoms with Gasteiger partial charge in [0.2, 0.25) is 0 Å². The molecule has 0 unspecified atom stereocenters. The van der Waals surface area contributed by atoms with E-state index in [0.717, 1.165) is 42.6 Å². The highest BCUT2D eigenvalue weighted by molar-refractivity contribution is 8.00. The molecule has 1 amide bonds. The Morgan fingerprint density at radius 3 is 2.71 bits per heavy atom. The summed E-state index contributed by atoms with van der Waals surface area (Å²) >= 11 is 2.01. The van der Waals surface area contributed by atoms with Crippen LogP contribution in [-0.2, 0) is 6.54 Å². The molecule has 0 saturated carbocycles. The summed E-state index contributed by atoms with van der Waals surface area (Å²) in [7, 11) is 0. The summed E-state index contributed by atoms with van der Waals surface area (Å²) in [5, 5.41) is 6.24. The van der Waals surface area contributed by atoms with E-state index in [1.165, 1.54) is 6.26 Å². The lowest BCUT2D eigenvalue weighted by Crippen LogP contribution is -2.50. The number of aliphatic imine (C=N–C) groups is 1. The lowest BCUT2D eigenvalue weighted by atomic mass is 10.2. The van der Waals surface area contributed by atoms with Crippen LogP contribution in [0.2, 0.25) is 0 Å². The van der Waals surface area contributed by atoms with Gasteiger partial charge in [-0.05, 0) is 50.6 Å². The third-order valence-corrected chi connectivity index (χ3v) is 5.73. The van der Waals surface area contributed by atoms with Crippen molar-refractivity contribution in [1.82, 2.24) is 10.2 Å². The number of anilines is 1. The number of amides is 1. The summed E-state index contributed by atoms with van der Waals surface area (Å²) in [4.78, 5) is 19.2. The predicted molar refractivity (Wildman–Crippen MR) is 116 cm³/mol. The van der Waals surface area contributed by atoms with Gasteiger partial charge in [0.05, 0.1) is 12.8 Å². The first-order chi connectivity index (χ1) is 13.5. The number of hydrogen-bond acceptors (Lipinski definition) is 4. The quantitative estimate of drug-likeness (QED) is 0.590. The SMILES string of the molecule is CCNC(=NCc1ccc(NC(=O)c2ccco2)cc1)N1CCSC(C)(C)C1. The second kappa shape index (κ2) is 9.19. The summed E-state index contributed by atoms with van der Waals surface area (Å²) in [6, 6.07) is 11.1. The Morgan fingerprint density at radius 1 is 1.29 bits per heavy atom. The van der Waals surface area contributed by atoms with E-state index in [0.29, 0.717) is 12.3 Å². The molecular formula is C21H28N4O2S. The van der Waals surface area contributed by atoms with Crippen molar-refractivity contribution in [3.05, 3.63) is 54.0 Å². The number of nitrogens with one attached hydrogen (secondary N) is 2. The van der Waals surface area contributed by atoms with E-state index in [-0.39, 0.29) is 10.7 Å². The maximum Gasteiger partial charge on any atom is 0.291 e. The molecule has 0 aliphatic carbocycles. The number of benzene rings is 1. The molecule has 1 saturated heterocycles. The molecule has 0 radical (unpaired) electrons.